The highest BCUT2D eigenvalue weighted by Crippen LogP contribution is 2.15. The van der Waals surface area contributed by atoms with Gasteiger partial charge in [-0.25, -0.2) is 22.2 Å². The average Bonchev–Trinajstić information content (AvgIpc) is 3.09. The molecule has 1 aliphatic rings. The number of carbonyl (C=O) groups is 1. The van der Waals surface area contributed by atoms with E-state index in [1.165, 1.54) is 10.6 Å². The molecule has 0 unspecified atom stereocenters. The van der Waals surface area contributed by atoms with Crippen LogP contribution in [-0.2, 0) is 10.0 Å². The van der Waals surface area contributed by atoms with Crippen LogP contribution in [0.25, 0.3) is 5.69 Å². The Balaban J connectivity index is 1.54. The summed E-state index contributed by atoms with van der Waals surface area (Å²) in [7, 11) is -3.16. The smallest absolute Gasteiger partial charge is 0.319 e. The van der Waals surface area contributed by atoms with Crippen molar-refractivity contribution in [2.24, 2.45) is 0 Å². The molecular weight excluding hydrogens is 342 g/mol. The number of aromatic nitrogens is 2. The fourth-order valence-corrected chi connectivity index (χ4v) is 3.71. The number of anilines is 1. The Kier molecular flexibility index (Phi) is 5.05. The number of nitrogens with one attached hydrogen (secondary N) is 2. The Labute approximate surface area is 146 Å². The molecule has 2 heterocycles. The number of rotatable bonds is 4. The third-order valence-corrected chi connectivity index (χ3v) is 5.43. The van der Waals surface area contributed by atoms with Crippen molar-refractivity contribution in [1.82, 2.24) is 19.4 Å². The summed E-state index contributed by atoms with van der Waals surface area (Å²) >= 11 is 0. The first-order valence-corrected chi connectivity index (χ1v) is 9.89. The van der Waals surface area contributed by atoms with Crippen molar-refractivity contribution in [1.29, 1.82) is 0 Å². The van der Waals surface area contributed by atoms with Crippen molar-refractivity contribution in [2.75, 3.05) is 24.7 Å². The summed E-state index contributed by atoms with van der Waals surface area (Å²) in [6.45, 7) is 0.858. The second-order valence-corrected chi connectivity index (χ2v) is 8.02. The molecule has 0 saturated carbocycles. The number of sulfonamides is 1. The maximum Gasteiger partial charge on any atom is 0.319 e. The van der Waals surface area contributed by atoms with Gasteiger partial charge < -0.3 is 10.6 Å². The van der Waals surface area contributed by atoms with Gasteiger partial charge >= 0.3 is 6.03 Å². The van der Waals surface area contributed by atoms with Crippen LogP contribution in [0.2, 0.25) is 0 Å². The van der Waals surface area contributed by atoms with Crippen LogP contribution < -0.4 is 10.6 Å². The summed E-state index contributed by atoms with van der Waals surface area (Å²) in [6.07, 6.45) is 5.94. The number of piperidine rings is 1. The van der Waals surface area contributed by atoms with Crippen LogP contribution in [0.5, 0.6) is 0 Å². The van der Waals surface area contributed by atoms with Gasteiger partial charge in [0.05, 0.1) is 11.9 Å². The first kappa shape index (κ1) is 17.4. The number of hydrogen-bond acceptors (Lipinski definition) is 4. The van der Waals surface area contributed by atoms with Crippen LogP contribution in [0, 0.1) is 0 Å². The minimum absolute atomic E-state index is 0.0349. The van der Waals surface area contributed by atoms with Crippen molar-refractivity contribution in [3.63, 3.8) is 0 Å². The maximum absolute atomic E-state index is 12.2. The molecule has 25 heavy (non-hydrogen) atoms. The largest absolute Gasteiger partial charge is 0.335 e. The lowest BCUT2D eigenvalue weighted by Gasteiger charge is -2.30. The van der Waals surface area contributed by atoms with E-state index in [2.05, 4.69) is 15.7 Å². The van der Waals surface area contributed by atoms with Gasteiger partial charge in [-0.3, -0.25) is 0 Å². The third kappa shape index (κ3) is 4.58. The highest BCUT2D eigenvalue weighted by molar-refractivity contribution is 7.88. The lowest BCUT2D eigenvalue weighted by atomic mass is 10.1. The standard InChI is InChI=1S/C16H21N5O3S/c1-25(23,24)20-10-6-13(7-11-20)18-16(22)19-14-4-2-5-15(12-14)21-9-3-8-17-21/h2-5,8-9,12-13H,6-7,10-11H2,1H3,(H2,18,19,22). The van der Waals surface area contributed by atoms with Crippen LogP contribution in [0.1, 0.15) is 12.8 Å². The first-order valence-electron chi connectivity index (χ1n) is 8.04. The van der Waals surface area contributed by atoms with Crippen LogP contribution in [0.15, 0.2) is 42.7 Å². The van der Waals surface area contributed by atoms with Crippen molar-refractivity contribution in [3.8, 4) is 5.69 Å². The molecule has 1 saturated heterocycles. The highest BCUT2D eigenvalue weighted by atomic mass is 32.2. The van der Waals surface area contributed by atoms with Crippen molar-refractivity contribution < 1.29 is 13.2 Å². The molecule has 134 valence electrons. The van der Waals surface area contributed by atoms with E-state index >= 15 is 0 Å². The predicted octanol–water partition coefficient (Wildman–Crippen LogP) is 1.42. The number of benzene rings is 1. The predicted molar refractivity (Wildman–Crippen MR) is 95.2 cm³/mol. The maximum atomic E-state index is 12.2. The molecule has 0 spiro atoms. The monoisotopic (exact) mass is 363 g/mol. The number of amides is 2. The van der Waals surface area contributed by atoms with Gasteiger partial charge in [0.25, 0.3) is 0 Å². The minimum atomic E-state index is -3.16. The molecular formula is C16H21N5O3S. The van der Waals surface area contributed by atoms with Crippen LogP contribution in [0.3, 0.4) is 0 Å². The molecule has 1 aromatic heterocycles. The van der Waals surface area contributed by atoms with Gasteiger partial charge in [0.1, 0.15) is 0 Å². The molecule has 0 atom stereocenters. The van der Waals surface area contributed by atoms with Gasteiger partial charge in [0.2, 0.25) is 10.0 Å². The van der Waals surface area contributed by atoms with E-state index in [1.54, 1.807) is 16.9 Å². The average molecular weight is 363 g/mol. The summed E-state index contributed by atoms with van der Waals surface area (Å²) < 4.78 is 26.2. The van der Waals surface area contributed by atoms with E-state index in [0.717, 1.165) is 5.69 Å². The fourth-order valence-electron chi connectivity index (χ4n) is 2.83. The molecule has 8 nitrogen and oxygen atoms in total. The topological polar surface area (TPSA) is 96.3 Å². The Bertz CT molecular complexity index is 827. The number of carbonyl (C=O) groups excluding carboxylic acids is 1. The van der Waals surface area contributed by atoms with E-state index in [4.69, 9.17) is 0 Å². The molecule has 2 aromatic rings. The molecule has 0 aliphatic carbocycles. The van der Waals surface area contributed by atoms with Gasteiger partial charge in [-0.1, -0.05) is 6.07 Å². The molecule has 3 rings (SSSR count). The van der Waals surface area contributed by atoms with Crippen molar-refractivity contribution in [3.05, 3.63) is 42.7 Å². The molecule has 0 radical (unpaired) electrons. The van der Waals surface area contributed by atoms with Crippen molar-refractivity contribution >= 4 is 21.7 Å². The number of hydrogen-bond donors (Lipinski definition) is 2. The quantitative estimate of drug-likeness (QED) is 0.859. The molecule has 2 amide bonds. The van der Waals surface area contributed by atoms with Gasteiger partial charge in [0, 0.05) is 37.2 Å². The fraction of sp³-hybridized carbons (Fsp3) is 0.375. The highest BCUT2D eigenvalue weighted by Gasteiger charge is 2.25. The van der Waals surface area contributed by atoms with E-state index < -0.39 is 10.0 Å². The lowest BCUT2D eigenvalue weighted by Crippen LogP contribution is -2.47. The zero-order valence-electron chi connectivity index (χ0n) is 13.9. The first-order chi connectivity index (χ1) is 11.9. The van der Waals surface area contributed by atoms with Crippen LogP contribution in [-0.4, -0.2) is 53.9 Å². The summed E-state index contributed by atoms with van der Waals surface area (Å²) in [5.74, 6) is 0. The molecule has 1 fully saturated rings. The van der Waals surface area contributed by atoms with E-state index in [9.17, 15) is 13.2 Å². The molecule has 0 bridgehead atoms. The molecule has 1 aliphatic heterocycles. The van der Waals surface area contributed by atoms with Crippen LogP contribution >= 0.6 is 0 Å². The van der Waals surface area contributed by atoms with Gasteiger partial charge in [-0.05, 0) is 37.1 Å². The summed E-state index contributed by atoms with van der Waals surface area (Å²) in [5.41, 5.74) is 1.52. The normalized spacial score (nSPS) is 16.5. The van der Waals surface area contributed by atoms with Gasteiger partial charge in [0.15, 0.2) is 0 Å². The lowest BCUT2D eigenvalue weighted by molar-refractivity contribution is 0.238. The van der Waals surface area contributed by atoms with Gasteiger partial charge in [-0.15, -0.1) is 0 Å². The molecule has 2 N–H and O–H groups in total. The Morgan fingerprint density at radius 1 is 1.24 bits per heavy atom. The zero-order chi connectivity index (χ0) is 17.9. The van der Waals surface area contributed by atoms with Crippen molar-refractivity contribution in [2.45, 2.75) is 18.9 Å². The summed E-state index contributed by atoms with van der Waals surface area (Å²) in [4.78, 5) is 12.2. The Morgan fingerprint density at radius 2 is 2.00 bits per heavy atom. The zero-order valence-corrected chi connectivity index (χ0v) is 14.7. The Hall–Kier alpha value is -2.39. The molecule has 1 aromatic carbocycles. The molecule has 9 heteroatoms. The second kappa shape index (κ2) is 7.24. The third-order valence-electron chi connectivity index (χ3n) is 4.13. The SMILES string of the molecule is CS(=O)(=O)N1CCC(NC(=O)Nc2cccc(-n3cccn3)c2)CC1. The minimum Gasteiger partial charge on any atom is -0.335 e. The van der Waals surface area contributed by atoms with E-state index in [-0.39, 0.29) is 12.1 Å². The van der Waals surface area contributed by atoms with Gasteiger partial charge in [-0.2, -0.15) is 5.10 Å². The second-order valence-electron chi connectivity index (χ2n) is 6.04. The number of nitrogens with zero attached hydrogens (tertiary/aromatic N) is 3. The van der Waals surface area contributed by atoms with E-state index in [1.807, 2.05) is 30.5 Å². The summed E-state index contributed by atoms with van der Waals surface area (Å²) in [5, 5.41) is 9.87. The summed E-state index contributed by atoms with van der Waals surface area (Å²) in [6, 6.07) is 8.88. The number of urea groups is 1. The Morgan fingerprint density at radius 3 is 2.64 bits per heavy atom. The van der Waals surface area contributed by atoms with E-state index in [0.29, 0.717) is 31.6 Å². The van der Waals surface area contributed by atoms with Crippen LogP contribution in [0.4, 0.5) is 10.5 Å².